The Morgan fingerprint density at radius 1 is 1.14 bits per heavy atom. The van der Waals surface area contributed by atoms with E-state index < -0.39 is 0 Å². The normalized spacial score (nSPS) is 10.0. The fraction of sp³-hybridized carbons (Fsp3) is 0. The van der Waals surface area contributed by atoms with Crippen molar-refractivity contribution < 1.29 is 4.79 Å². The molecule has 0 atom stereocenters. The van der Waals surface area contributed by atoms with Gasteiger partial charge in [0, 0.05) is 5.56 Å². The number of primary amides is 1. The van der Waals surface area contributed by atoms with Crippen LogP contribution in [0.15, 0.2) is 41.8 Å². The number of benzene rings is 1. The van der Waals surface area contributed by atoms with E-state index in [0.717, 1.165) is 11.1 Å². The van der Waals surface area contributed by atoms with Gasteiger partial charge in [-0.15, -0.1) is 11.3 Å². The van der Waals surface area contributed by atoms with Crippen LogP contribution < -0.4 is 5.73 Å². The molecular formula is C11H9NOS. The molecule has 2 nitrogen and oxygen atoms in total. The Hall–Kier alpha value is -1.61. The van der Waals surface area contributed by atoms with Crippen molar-refractivity contribution >= 4 is 17.2 Å². The van der Waals surface area contributed by atoms with E-state index in [1.54, 1.807) is 0 Å². The van der Waals surface area contributed by atoms with Crippen molar-refractivity contribution in [3.63, 3.8) is 0 Å². The molecule has 1 aromatic carbocycles. The van der Waals surface area contributed by atoms with E-state index >= 15 is 0 Å². The molecule has 0 aliphatic rings. The number of thiophene rings is 1. The van der Waals surface area contributed by atoms with Gasteiger partial charge in [0.2, 0.25) is 0 Å². The summed E-state index contributed by atoms with van der Waals surface area (Å²) in [5, 5.41) is 1.88. The molecule has 3 heteroatoms. The van der Waals surface area contributed by atoms with Gasteiger partial charge in [-0.25, -0.2) is 0 Å². The minimum atomic E-state index is -0.362. The predicted octanol–water partition coefficient (Wildman–Crippen LogP) is 2.51. The highest BCUT2D eigenvalue weighted by Crippen LogP contribution is 2.27. The maximum atomic E-state index is 11.1. The first-order valence-electron chi connectivity index (χ1n) is 4.22. The summed E-state index contributed by atoms with van der Waals surface area (Å²) in [6, 6.07) is 11.7. The summed E-state index contributed by atoms with van der Waals surface area (Å²) in [5.74, 6) is -0.362. The zero-order valence-corrected chi connectivity index (χ0v) is 8.25. The lowest BCUT2D eigenvalue weighted by Gasteiger charge is -1.99. The van der Waals surface area contributed by atoms with E-state index in [0.29, 0.717) is 4.88 Å². The highest BCUT2D eigenvalue weighted by molar-refractivity contribution is 7.12. The molecule has 2 N–H and O–H groups in total. The zero-order valence-electron chi connectivity index (χ0n) is 7.44. The van der Waals surface area contributed by atoms with Gasteiger partial charge >= 0.3 is 0 Å². The Bertz CT molecular complexity index is 447. The van der Waals surface area contributed by atoms with Crippen LogP contribution in [0, 0.1) is 0 Å². The minimum absolute atomic E-state index is 0.362. The Kier molecular flexibility index (Phi) is 2.33. The molecule has 0 saturated carbocycles. The Balaban J connectivity index is 2.52. The molecule has 0 spiro atoms. The topological polar surface area (TPSA) is 43.1 Å². The van der Waals surface area contributed by atoms with Crippen LogP contribution in [-0.4, -0.2) is 5.91 Å². The van der Waals surface area contributed by atoms with Gasteiger partial charge in [-0.3, -0.25) is 4.79 Å². The molecule has 0 bridgehead atoms. The first-order chi connectivity index (χ1) is 6.79. The quantitative estimate of drug-likeness (QED) is 0.800. The van der Waals surface area contributed by atoms with E-state index in [-0.39, 0.29) is 5.91 Å². The Morgan fingerprint density at radius 2 is 1.86 bits per heavy atom. The summed E-state index contributed by atoms with van der Waals surface area (Å²) in [4.78, 5) is 11.7. The van der Waals surface area contributed by atoms with Crippen molar-refractivity contribution in [1.29, 1.82) is 0 Å². The average Bonchev–Trinajstić information content (AvgIpc) is 2.67. The van der Waals surface area contributed by atoms with Crippen molar-refractivity contribution in [2.24, 2.45) is 5.73 Å². The van der Waals surface area contributed by atoms with Gasteiger partial charge in [-0.05, 0) is 17.0 Å². The van der Waals surface area contributed by atoms with Crippen molar-refractivity contribution in [1.82, 2.24) is 0 Å². The number of hydrogen-bond acceptors (Lipinski definition) is 2. The lowest BCUT2D eigenvalue weighted by molar-refractivity contribution is 0.100. The lowest BCUT2D eigenvalue weighted by atomic mass is 10.1. The molecule has 1 heterocycles. The second-order valence-electron chi connectivity index (χ2n) is 2.89. The molecule has 14 heavy (non-hydrogen) atoms. The number of carbonyl (C=O) groups excluding carboxylic acids is 1. The monoisotopic (exact) mass is 203 g/mol. The van der Waals surface area contributed by atoms with Crippen LogP contribution >= 0.6 is 11.3 Å². The third kappa shape index (κ3) is 1.54. The van der Waals surface area contributed by atoms with Crippen molar-refractivity contribution in [2.45, 2.75) is 0 Å². The molecule has 0 fully saturated rings. The van der Waals surface area contributed by atoms with E-state index in [9.17, 15) is 4.79 Å². The molecular weight excluding hydrogens is 194 g/mol. The number of rotatable bonds is 2. The maximum absolute atomic E-state index is 11.1. The van der Waals surface area contributed by atoms with Crippen LogP contribution in [0.4, 0.5) is 0 Å². The number of carbonyl (C=O) groups is 1. The standard InChI is InChI=1S/C11H9NOS/c12-11(13)10-9(6-7-14-10)8-4-2-1-3-5-8/h1-7H,(H2,12,13). The fourth-order valence-electron chi connectivity index (χ4n) is 1.35. The molecule has 0 unspecified atom stereocenters. The lowest BCUT2D eigenvalue weighted by Crippen LogP contribution is -2.09. The molecule has 0 saturated heterocycles. The van der Waals surface area contributed by atoms with E-state index in [1.807, 2.05) is 41.8 Å². The van der Waals surface area contributed by atoms with Crippen LogP contribution in [-0.2, 0) is 0 Å². The molecule has 0 aliphatic carbocycles. The van der Waals surface area contributed by atoms with Gasteiger partial charge in [0.15, 0.2) is 0 Å². The molecule has 0 aliphatic heterocycles. The van der Waals surface area contributed by atoms with Crippen molar-refractivity contribution in [3.8, 4) is 11.1 Å². The fourth-order valence-corrected chi connectivity index (χ4v) is 2.11. The van der Waals surface area contributed by atoms with Gasteiger partial charge in [0.05, 0.1) is 4.88 Å². The summed E-state index contributed by atoms with van der Waals surface area (Å²) >= 11 is 1.38. The Morgan fingerprint density at radius 3 is 2.50 bits per heavy atom. The van der Waals surface area contributed by atoms with Crippen molar-refractivity contribution in [3.05, 3.63) is 46.7 Å². The second-order valence-corrected chi connectivity index (χ2v) is 3.81. The smallest absolute Gasteiger partial charge is 0.259 e. The van der Waals surface area contributed by atoms with E-state index in [1.165, 1.54) is 11.3 Å². The molecule has 2 aromatic rings. The van der Waals surface area contributed by atoms with Crippen LogP contribution in [0.3, 0.4) is 0 Å². The number of amides is 1. The van der Waals surface area contributed by atoms with Crippen LogP contribution in [0.1, 0.15) is 9.67 Å². The van der Waals surface area contributed by atoms with Crippen LogP contribution in [0.5, 0.6) is 0 Å². The first kappa shape index (κ1) is 8.97. The van der Waals surface area contributed by atoms with Gasteiger partial charge in [0.25, 0.3) is 5.91 Å². The summed E-state index contributed by atoms with van der Waals surface area (Å²) in [5.41, 5.74) is 7.22. The Labute approximate surface area is 86.0 Å². The molecule has 0 radical (unpaired) electrons. The van der Waals surface area contributed by atoms with Crippen molar-refractivity contribution in [2.75, 3.05) is 0 Å². The predicted molar refractivity (Wildman–Crippen MR) is 58.3 cm³/mol. The highest BCUT2D eigenvalue weighted by Gasteiger charge is 2.10. The SMILES string of the molecule is NC(=O)c1sccc1-c1ccccc1. The van der Waals surface area contributed by atoms with E-state index in [4.69, 9.17) is 5.73 Å². The third-order valence-corrected chi connectivity index (χ3v) is 2.90. The van der Waals surface area contributed by atoms with E-state index in [2.05, 4.69) is 0 Å². The second kappa shape index (κ2) is 3.64. The number of hydrogen-bond donors (Lipinski definition) is 1. The summed E-state index contributed by atoms with van der Waals surface area (Å²) in [7, 11) is 0. The van der Waals surface area contributed by atoms with Gasteiger partial charge < -0.3 is 5.73 Å². The third-order valence-electron chi connectivity index (χ3n) is 1.97. The number of nitrogens with two attached hydrogens (primary N) is 1. The zero-order chi connectivity index (χ0) is 9.97. The molecule has 2 rings (SSSR count). The molecule has 1 amide bonds. The molecule has 1 aromatic heterocycles. The van der Waals surface area contributed by atoms with Crippen LogP contribution in [0.2, 0.25) is 0 Å². The summed E-state index contributed by atoms with van der Waals surface area (Å²) in [6.45, 7) is 0. The van der Waals surface area contributed by atoms with Gasteiger partial charge in [-0.1, -0.05) is 30.3 Å². The largest absolute Gasteiger partial charge is 0.365 e. The van der Waals surface area contributed by atoms with Crippen LogP contribution in [0.25, 0.3) is 11.1 Å². The first-order valence-corrected chi connectivity index (χ1v) is 5.09. The van der Waals surface area contributed by atoms with Gasteiger partial charge in [-0.2, -0.15) is 0 Å². The summed E-state index contributed by atoms with van der Waals surface area (Å²) < 4.78 is 0. The van der Waals surface area contributed by atoms with Gasteiger partial charge in [0.1, 0.15) is 0 Å². The maximum Gasteiger partial charge on any atom is 0.259 e. The highest BCUT2D eigenvalue weighted by atomic mass is 32.1. The average molecular weight is 203 g/mol. The minimum Gasteiger partial charge on any atom is -0.365 e. The summed E-state index contributed by atoms with van der Waals surface area (Å²) in [6.07, 6.45) is 0. The molecule has 70 valence electrons.